The van der Waals surface area contributed by atoms with Gasteiger partial charge in [0.15, 0.2) is 0 Å². The van der Waals surface area contributed by atoms with Crippen LogP contribution < -0.4 is 0 Å². The first-order valence-corrected chi connectivity index (χ1v) is 3.07. The predicted molar refractivity (Wildman–Crippen MR) is 34.5 cm³/mol. The van der Waals surface area contributed by atoms with Crippen LogP contribution in [0.4, 0.5) is 4.39 Å². The third kappa shape index (κ3) is 0.954. The summed E-state index contributed by atoms with van der Waals surface area (Å²) in [6.45, 7) is 3.14. The first-order valence-electron chi connectivity index (χ1n) is 2.19. The van der Waals surface area contributed by atoms with Gasteiger partial charge in [-0.05, 0) is 11.4 Å². The van der Waals surface area contributed by atoms with E-state index in [1.165, 1.54) is 11.3 Å². The van der Waals surface area contributed by atoms with Crippen molar-refractivity contribution < 1.29 is 4.39 Å². The Morgan fingerprint density at radius 3 is 2.75 bits per heavy atom. The van der Waals surface area contributed by atoms with E-state index in [0.29, 0.717) is 4.88 Å². The number of hydrogen-bond donors (Lipinski definition) is 0. The molecule has 0 aromatic carbocycles. The maximum Gasteiger partial charge on any atom is 0.133 e. The second kappa shape index (κ2) is 2.09. The van der Waals surface area contributed by atoms with Crippen molar-refractivity contribution in [3.8, 4) is 0 Å². The van der Waals surface area contributed by atoms with Crippen LogP contribution in [0.3, 0.4) is 0 Å². The van der Waals surface area contributed by atoms with Gasteiger partial charge < -0.3 is 0 Å². The quantitative estimate of drug-likeness (QED) is 0.545. The highest BCUT2D eigenvalue weighted by Gasteiger charge is 1.93. The molecule has 0 saturated carbocycles. The molecule has 0 nitrogen and oxygen atoms in total. The molecule has 1 heterocycles. The first-order chi connectivity index (χ1) is 3.80. The summed E-state index contributed by atoms with van der Waals surface area (Å²) in [5, 5.41) is 1.82. The zero-order valence-electron chi connectivity index (χ0n) is 4.23. The second-order valence-corrected chi connectivity index (χ2v) is 2.33. The molecule has 2 heteroatoms. The molecule has 1 aromatic rings. The zero-order chi connectivity index (χ0) is 5.98. The maximum absolute atomic E-state index is 12.1. The summed E-state index contributed by atoms with van der Waals surface area (Å²) in [5.74, 6) is -0.347. The van der Waals surface area contributed by atoms with Gasteiger partial charge in [0.2, 0.25) is 0 Å². The Kier molecular flexibility index (Phi) is 1.44. The molecule has 1 aromatic heterocycles. The fourth-order valence-electron chi connectivity index (χ4n) is 0.433. The highest BCUT2D eigenvalue weighted by atomic mass is 32.1. The van der Waals surface area contributed by atoms with Gasteiger partial charge in [-0.25, -0.2) is 4.39 Å². The van der Waals surface area contributed by atoms with Gasteiger partial charge in [0.05, 0.1) is 4.88 Å². The number of thiophene rings is 1. The molecule has 0 saturated heterocycles. The molecule has 0 aliphatic carbocycles. The summed E-state index contributed by atoms with van der Waals surface area (Å²) in [5.41, 5.74) is 0. The van der Waals surface area contributed by atoms with Crippen LogP contribution in [0.15, 0.2) is 24.1 Å². The third-order valence-corrected chi connectivity index (χ3v) is 1.69. The Bertz CT molecular complexity index is 176. The molecule has 0 fully saturated rings. The Balaban J connectivity index is 2.93. The van der Waals surface area contributed by atoms with E-state index in [1.807, 2.05) is 5.38 Å². The first kappa shape index (κ1) is 5.51. The minimum Gasteiger partial charge on any atom is -0.206 e. The van der Waals surface area contributed by atoms with Crippen LogP contribution in [0.5, 0.6) is 0 Å². The number of hydrogen-bond acceptors (Lipinski definition) is 1. The third-order valence-electron chi connectivity index (χ3n) is 0.789. The van der Waals surface area contributed by atoms with Crippen LogP contribution in [0.2, 0.25) is 0 Å². The Hall–Kier alpha value is -0.630. The van der Waals surface area contributed by atoms with Crippen LogP contribution in [-0.2, 0) is 0 Å². The van der Waals surface area contributed by atoms with Crippen molar-refractivity contribution in [3.05, 3.63) is 29.0 Å². The van der Waals surface area contributed by atoms with Crippen LogP contribution in [0.25, 0.3) is 5.83 Å². The minimum absolute atomic E-state index is 0.347. The molecule has 0 unspecified atom stereocenters. The lowest BCUT2D eigenvalue weighted by atomic mass is 10.4. The molecule has 0 spiro atoms. The molecule has 0 N–H and O–H groups in total. The SMILES string of the molecule is C=C(F)c1cccs1. The van der Waals surface area contributed by atoms with Gasteiger partial charge in [-0.1, -0.05) is 12.6 Å². The van der Waals surface area contributed by atoms with Crippen molar-refractivity contribution in [3.63, 3.8) is 0 Å². The standard InChI is InChI=1S/C6H5FS/c1-5(7)6-3-2-4-8-6/h2-4H,1H2. The van der Waals surface area contributed by atoms with Crippen molar-refractivity contribution in [2.45, 2.75) is 0 Å². The van der Waals surface area contributed by atoms with Crippen molar-refractivity contribution in [1.82, 2.24) is 0 Å². The molecular weight excluding hydrogens is 123 g/mol. The Labute approximate surface area is 51.3 Å². The molecule has 8 heavy (non-hydrogen) atoms. The fraction of sp³-hybridized carbons (Fsp3) is 0. The summed E-state index contributed by atoms with van der Waals surface area (Å²) in [7, 11) is 0. The summed E-state index contributed by atoms with van der Waals surface area (Å²) in [6, 6.07) is 3.50. The summed E-state index contributed by atoms with van der Waals surface area (Å²) in [4.78, 5) is 0.616. The molecular formula is C6H5FS. The van der Waals surface area contributed by atoms with E-state index in [-0.39, 0.29) is 5.83 Å². The second-order valence-electron chi connectivity index (χ2n) is 1.38. The monoisotopic (exact) mass is 128 g/mol. The number of rotatable bonds is 1. The van der Waals surface area contributed by atoms with E-state index in [9.17, 15) is 4.39 Å². The lowest BCUT2D eigenvalue weighted by molar-refractivity contribution is 0.767. The molecule has 0 amide bonds. The van der Waals surface area contributed by atoms with Crippen molar-refractivity contribution in [2.75, 3.05) is 0 Å². The van der Waals surface area contributed by atoms with Crippen LogP contribution in [-0.4, -0.2) is 0 Å². The van der Waals surface area contributed by atoms with Gasteiger partial charge in [-0.2, -0.15) is 0 Å². The topological polar surface area (TPSA) is 0 Å². The van der Waals surface area contributed by atoms with Gasteiger partial charge in [0.25, 0.3) is 0 Å². The van der Waals surface area contributed by atoms with E-state index < -0.39 is 0 Å². The normalized spacial score (nSPS) is 9.12. The van der Waals surface area contributed by atoms with E-state index >= 15 is 0 Å². The van der Waals surface area contributed by atoms with Gasteiger partial charge in [0.1, 0.15) is 5.83 Å². The predicted octanol–water partition coefficient (Wildman–Crippen LogP) is 2.69. The smallest absolute Gasteiger partial charge is 0.133 e. The summed E-state index contributed by atoms with van der Waals surface area (Å²) >= 11 is 1.36. The highest BCUT2D eigenvalue weighted by molar-refractivity contribution is 7.11. The minimum atomic E-state index is -0.347. The van der Waals surface area contributed by atoms with Crippen LogP contribution >= 0.6 is 11.3 Å². The molecule has 0 bridgehead atoms. The number of halogens is 1. The van der Waals surface area contributed by atoms with Gasteiger partial charge in [-0.3, -0.25) is 0 Å². The Morgan fingerprint density at radius 1 is 1.75 bits per heavy atom. The van der Waals surface area contributed by atoms with Crippen LogP contribution in [0, 0.1) is 0 Å². The van der Waals surface area contributed by atoms with E-state index in [1.54, 1.807) is 12.1 Å². The van der Waals surface area contributed by atoms with E-state index in [2.05, 4.69) is 6.58 Å². The Morgan fingerprint density at radius 2 is 2.50 bits per heavy atom. The maximum atomic E-state index is 12.1. The highest BCUT2D eigenvalue weighted by Crippen LogP contribution is 2.18. The summed E-state index contributed by atoms with van der Waals surface area (Å²) in [6.07, 6.45) is 0. The molecule has 1 rings (SSSR count). The lowest BCUT2D eigenvalue weighted by Gasteiger charge is -1.81. The van der Waals surface area contributed by atoms with Crippen molar-refractivity contribution >= 4 is 17.2 Å². The molecule has 0 atom stereocenters. The fourth-order valence-corrected chi connectivity index (χ4v) is 1.02. The van der Waals surface area contributed by atoms with E-state index in [0.717, 1.165) is 0 Å². The van der Waals surface area contributed by atoms with Gasteiger partial charge in [0, 0.05) is 0 Å². The zero-order valence-corrected chi connectivity index (χ0v) is 5.04. The molecule has 0 aliphatic heterocycles. The summed E-state index contributed by atoms with van der Waals surface area (Å²) < 4.78 is 12.1. The lowest BCUT2D eigenvalue weighted by Crippen LogP contribution is -1.59. The molecule has 0 aliphatic rings. The van der Waals surface area contributed by atoms with Crippen molar-refractivity contribution in [1.29, 1.82) is 0 Å². The average Bonchev–Trinajstić information content (AvgIpc) is 2.12. The largest absolute Gasteiger partial charge is 0.206 e. The van der Waals surface area contributed by atoms with Gasteiger partial charge in [-0.15, -0.1) is 11.3 Å². The molecule has 42 valence electrons. The van der Waals surface area contributed by atoms with Crippen molar-refractivity contribution in [2.24, 2.45) is 0 Å². The van der Waals surface area contributed by atoms with E-state index in [4.69, 9.17) is 0 Å². The van der Waals surface area contributed by atoms with Gasteiger partial charge >= 0.3 is 0 Å². The average molecular weight is 128 g/mol. The molecule has 0 radical (unpaired) electrons. The van der Waals surface area contributed by atoms with Crippen LogP contribution in [0.1, 0.15) is 4.88 Å².